The summed E-state index contributed by atoms with van der Waals surface area (Å²) in [5.74, 6) is -0.792. The van der Waals surface area contributed by atoms with Gasteiger partial charge in [-0.05, 0) is 6.92 Å². The molecule has 7 nitrogen and oxygen atoms in total. The van der Waals surface area contributed by atoms with E-state index in [1.165, 1.54) is 0 Å². The molecule has 17 heavy (non-hydrogen) atoms. The van der Waals surface area contributed by atoms with Crippen molar-refractivity contribution in [2.45, 2.75) is 6.92 Å². The first-order valence-corrected chi connectivity index (χ1v) is 4.85. The van der Waals surface area contributed by atoms with Crippen molar-refractivity contribution in [2.75, 3.05) is 5.73 Å². The second-order valence-corrected chi connectivity index (χ2v) is 3.60. The Morgan fingerprint density at radius 3 is 2.65 bits per heavy atom. The lowest BCUT2D eigenvalue weighted by Gasteiger charge is -2.05. The number of hydrogen-bond acceptors (Lipinski definition) is 5. The first kappa shape index (κ1) is 11.1. The van der Waals surface area contributed by atoms with Crippen molar-refractivity contribution < 1.29 is 9.90 Å². The van der Waals surface area contributed by atoms with E-state index in [-0.39, 0.29) is 11.4 Å². The largest absolute Gasteiger partial charge is 0.477 e. The highest BCUT2D eigenvalue weighted by Gasteiger charge is 2.16. The van der Waals surface area contributed by atoms with Crippen LogP contribution in [0.4, 0.5) is 5.82 Å². The topological polar surface area (TPSA) is 107 Å². The van der Waals surface area contributed by atoms with Crippen LogP contribution in [0, 0.1) is 6.92 Å². The summed E-state index contributed by atoms with van der Waals surface area (Å²) >= 11 is 0. The number of nitrogens with two attached hydrogens (primary N) is 1. The zero-order valence-electron chi connectivity index (χ0n) is 9.38. The fraction of sp³-hybridized carbons (Fsp3) is 0.200. The molecule has 7 heteroatoms. The molecule has 0 bridgehead atoms. The first-order chi connectivity index (χ1) is 7.99. The van der Waals surface area contributed by atoms with Crippen molar-refractivity contribution in [2.24, 2.45) is 7.05 Å². The zero-order chi connectivity index (χ0) is 12.6. The minimum absolute atomic E-state index is 0.0381. The third-order valence-corrected chi connectivity index (χ3v) is 2.29. The van der Waals surface area contributed by atoms with Crippen LogP contribution in [0.1, 0.15) is 16.1 Å². The quantitative estimate of drug-likeness (QED) is 0.780. The lowest BCUT2D eigenvalue weighted by Crippen LogP contribution is -2.10. The fourth-order valence-electron chi connectivity index (χ4n) is 1.53. The van der Waals surface area contributed by atoms with Crippen LogP contribution in [0.3, 0.4) is 0 Å². The molecule has 2 aromatic rings. The van der Waals surface area contributed by atoms with Crippen molar-refractivity contribution in [3.05, 3.63) is 23.7 Å². The molecule has 0 fully saturated rings. The summed E-state index contributed by atoms with van der Waals surface area (Å²) in [5, 5.41) is 12.9. The molecule has 2 aromatic heterocycles. The van der Waals surface area contributed by atoms with E-state index in [9.17, 15) is 4.79 Å². The molecule has 0 aliphatic carbocycles. The number of anilines is 1. The van der Waals surface area contributed by atoms with Crippen LogP contribution >= 0.6 is 0 Å². The molecule has 0 radical (unpaired) electrons. The van der Waals surface area contributed by atoms with Gasteiger partial charge in [0, 0.05) is 13.2 Å². The van der Waals surface area contributed by atoms with Gasteiger partial charge in [0.1, 0.15) is 11.4 Å². The smallest absolute Gasteiger partial charge is 0.341 e. The number of aryl methyl sites for hydroxylation is 2. The van der Waals surface area contributed by atoms with Crippen molar-refractivity contribution in [1.82, 2.24) is 19.7 Å². The second kappa shape index (κ2) is 3.85. The summed E-state index contributed by atoms with van der Waals surface area (Å²) in [6.07, 6.45) is 3.32. The monoisotopic (exact) mass is 233 g/mol. The van der Waals surface area contributed by atoms with E-state index in [2.05, 4.69) is 15.1 Å². The van der Waals surface area contributed by atoms with Crippen LogP contribution in [0.15, 0.2) is 12.4 Å². The highest BCUT2D eigenvalue weighted by atomic mass is 16.4. The van der Waals surface area contributed by atoms with E-state index < -0.39 is 5.97 Å². The molecule has 0 aromatic carbocycles. The summed E-state index contributed by atoms with van der Waals surface area (Å²) in [4.78, 5) is 19.0. The Bertz CT molecular complexity index is 567. The van der Waals surface area contributed by atoms with Crippen LogP contribution in [-0.4, -0.2) is 30.8 Å². The highest BCUT2D eigenvalue weighted by Crippen LogP contribution is 2.19. The Labute approximate surface area is 96.9 Å². The molecular weight excluding hydrogens is 222 g/mol. The van der Waals surface area contributed by atoms with E-state index in [1.54, 1.807) is 31.0 Å². The predicted octanol–water partition coefficient (Wildman–Crippen LogP) is 0.466. The van der Waals surface area contributed by atoms with Gasteiger partial charge in [-0.3, -0.25) is 4.68 Å². The average Bonchev–Trinajstić information content (AvgIpc) is 2.63. The Hall–Kier alpha value is -2.44. The number of aromatic carboxylic acids is 1. The van der Waals surface area contributed by atoms with E-state index in [4.69, 9.17) is 10.8 Å². The molecule has 0 atom stereocenters. The standard InChI is InChI=1S/C10H11N5O2/c1-5-7(10(16)17)8(11)14-9(13-5)6-3-12-15(2)4-6/h3-4H,1-2H3,(H,16,17)(H2,11,13,14). The minimum atomic E-state index is -1.13. The molecule has 0 amide bonds. The number of hydrogen-bond donors (Lipinski definition) is 2. The summed E-state index contributed by atoms with van der Waals surface area (Å²) in [7, 11) is 1.77. The lowest BCUT2D eigenvalue weighted by molar-refractivity contribution is 0.0696. The SMILES string of the molecule is Cc1nc(-c2cnn(C)c2)nc(N)c1C(=O)O. The Balaban J connectivity index is 2.56. The highest BCUT2D eigenvalue weighted by molar-refractivity contribution is 5.94. The maximum Gasteiger partial charge on any atom is 0.341 e. The van der Waals surface area contributed by atoms with E-state index >= 15 is 0 Å². The number of carboxylic acid groups (broad SMARTS) is 1. The maximum absolute atomic E-state index is 10.9. The van der Waals surface area contributed by atoms with Crippen LogP contribution < -0.4 is 5.73 Å². The third kappa shape index (κ3) is 1.94. The van der Waals surface area contributed by atoms with Gasteiger partial charge in [0.15, 0.2) is 5.82 Å². The molecule has 3 N–H and O–H groups in total. The first-order valence-electron chi connectivity index (χ1n) is 4.85. The van der Waals surface area contributed by atoms with Gasteiger partial charge in [-0.1, -0.05) is 0 Å². The number of rotatable bonds is 2. The number of aromatic nitrogens is 4. The van der Waals surface area contributed by atoms with Crippen molar-refractivity contribution in [1.29, 1.82) is 0 Å². The van der Waals surface area contributed by atoms with Gasteiger partial charge in [0.2, 0.25) is 0 Å². The Kier molecular flexibility index (Phi) is 2.51. The number of carbonyl (C=O) groups is 1. The third-order valence-electron chi connectivity index (χ3n) is 2.29. The molecule has 2 heterocycles. The summed E-state index contributed by atoms with van der Waals surface area (Å²) < 4.78 is 1.61. The average molecular weight is 233 g/mol. The van der Waals surface area contributed by atoms with Crippen molar-refractivity contribution in [3.8, 4) is 11.4 Å². The summed E-state index contributed by atoms with van der Waals surface area (Å²) in [6.45, 7) is 1.58. The molecular formula is C10H11N5O2. The van der Waals surface area contributed by atoms with Crippen LogP contribution in [0.2, 0.25) is 0 Å². The van der Waals surface area contributed by atoms with Crippen molar-refractivity contribution in [3.63, 3.8) is 0 Å². The number of nitrogens with zero attached hydrogens (tertiary/aromatic N) is 4. The zero-order valence-corrected chi connectivity index (χ0v) is 9.38. The molecule has 0 saturated heterocycles. The second-order valence-electron chi connectivity index (χ2n) is 3.60. The van der Waals surface area contributed by atoms with Gasteiger partial charge in [-0.25, -0.2) is 14.8 Å². The molecule has 0 saturated carbocycles. The minimum Gasteiger partial charge on any atom is -0.477 e. The molecule has 0 unspecified atom stereocenters. The van der Waals surface area contributed by atoms with E-state index in [0.717, 1.165) is 0 Å². The Morgan fingerprint density at radius 2 is 2.18 bits per heavy atom. The normalized spacial score (nSPS) is 10.5. The van der Waals surface area contributed by atoms with Gasteiger partial charge in [-0.2, -0.15) is 5.10 Å². The maximum atomic E-state index is 10.9. The number of nitrogen functional groups attached to an aromatic ring is 1. The molecule has 88 valence electrons. The van der Waals surface area contributed by atoms with Gasteiger partial charge in [0.05, 0.1) is 17.5 Å². The van der Waals surface area contributed by atoms with Crippen LogP contribution in [-0.2, 0) is 7.05 Å². The van der Waals surface area contributed by atoms with Crippen LogP contribution in [0.5, 0.6) is 0 Å². The lowest BCUT2D eigenvalue weighted by atomic mass is 10.2. The van der Waals surface area contributed by atoms with E-state index in [1.807, 2.05) is 0 Å². The van der Waals surface area contributed by atoms with Gasteiger partial charge in [-0.15, -0.1) is 0 Å². The van der Waals surface area contributed by atoms with Gasteiger partial charge < -0.3 is 10.8 Å². The number of carboxylic acids is 1. The predicted molar refractivity (Wildman–Crippen MR) is 60.3 cm³/mol. The summed E-state index contributed by atoms with van der Waals surface area (Å²) in [5.41, 5.74) is 6.58. The van der Waals surface area contributed by atoms with E-state index in [0.29, 0.717) is 17.1 Å². The van der Waals surface area contributed by atoms with Crippen molar-refractivity contribution >= 4 is 11.8 Å². The van der Waals surface area contributed by atoms with Crippen LogP contribution in [0.25, 0.3) is 11.4 Å². The molecule has 2 rings (SSSR count). The molecule has 0 spiro atoms. The molecule has 0 aliphatic rings. The summed E-state index contributed by atoms with van der Waals surface area (Å²) in [6, 6.07) is 0. The Morgan fingerprint density at radius 1 is 1.47 bits per heavy atom. The molecule has 0 aliphatic heterocycles. The van der Waals surface area contributed by atoms with Gasteiger partial charge in [0.25, 0.3) is 0 Å². The fourth-order valence-corrected chi connectivity index (χ4v) is 1.53. The van der Waals surface area contributed by atoms with Gasteiger partial charge >= 0.3 is 5.97 Å².